The lowest BCUT2D eigenvalue weighted by molar-refractivity contribution is 0.379. The summed E-state index contributed by atoms with van der Waals surface area (Å²) in [6.45, 7) is 1.87. The Bertz CT molecular complexity index is 1020. The van der Waals surface area contributed by atoms with E-state index in [0.29, 0.717) is 11.7 Å². The Morgan fingerprint density at radius 3 is 2.81 bits per heavy atom. The molecule has 3 heterocycles. The third-order valence-corrected chi connectivity index (χ3v) is 4.42. The molecular weight excluding hydrogens is 357 g/mol. The number of thioether (sulfide) groups is 1. The van der Waals surface area contributed by atoms with Crippen molar-refractivity contribution in [2.75, 3.05) is 0 Å². The lowest BCUT2D eigenvalue weighted by Crippen LogP contribution is -1.89. The predicted octanol–water partition coefficient (Wildman–Crippen LogP) is 4.17. The maximum atomic E-state index is 13.8. The van der Waals surface area contributed by atoms with E-state index < -0.39 is 5.82 Å². The van der Waals surface area contributed by atoms with Crippen molar-refractivity contribution >= 4 is 11.8 Å². The highest BCUT2D eigenvalue weighted by molar-refractivity contribution is 7.99. The summed E-state index contributed by atoms with van der Waals surface area (Å²) in [5.74, 6) is 0.579. The fourth-order valence-corrected chi connectivity index (χ4v) is 2.93. The largest absolute Gasteiger partial charge is 0.411 e. The summed E-state index contributed by atoms with van der Waals surface area (Å²) in [5.41, 5.74) is 1.02. The quantitative estimate of drug-likeness (QED) is 0.484. The molecular formula is C17H12FN5O2S. The van der Waals surface area contributed by atoms with E-state index >= 15 is 0 Å². The van der Waals surface area contributed by atoms with Gasteiger partial charge in [0.25, 0.3) is 11.1 Å². The van der Waals surface area contributed by atoms with Crippen molar-refractivity contribution in [2.24, 2.45) is 0 Å². The van der Waals surface area contributed by atoms with Crippen LogP contribution < -0.4 is 0 Å². The molecule has 0 amide bonds. The molecule has 0 bridgehead atoms. The highest BCUT2D eigenvalue weighted by Crippen LogP contribution is 2.35. The van der Waals surface area contributed by atoms with Crippen molar-refractivity contribution in [1.29, 1.82) is 0 Å². The zero-order valence-electron chi connectivity index (χ0n) is 13.5. The van der Waals surface area contributed by atoms with Gasteiger partial charge in [0.2, 0.25) is 11.7 Å². The lowest BCUT2D eigenvalue weighted by atomic mass is 10.2. The van der Waals surface area contributed by atoms with Gasteiger partial charge in [-0.3, -0.25) is 4.98 Å². The van der Waals surface area contributed by atoms with Gasteiger partial charge in [-0.05, 0) is 31.2 Å². The van der Waals surface area contributed by atoms with Gasteiger partial charge < -0.3 is 8.94 Å². The minimum atomic E-state index is -0.418. The van der Waals surface area contributed by atoms with Gasteiger partial charge in [-0.2, -0.15) is 4.98 Å². The number of nitrogens with zero attached hydrogens (tertiary/aromatic N) is 5. The van der Waals surface area contributed by atoms with Crippen molar-refractivity contribution in [2.45, 2.75) is 17.4 Å². The van der Waals surface area contributed by atoms with Crippen LogP contribution in [0.5, 0.6) is 0 Å². The SMILES string of the molecule is CC(Sc1nnc(-c2ccccc2F)o1)c1nc(-c2cccnc2)no1. The number of hydrogen-bond acceptors (Lipinski definition) is 8. The van der Waals surface area contributed by atoms with Crippen molar-refractivity contribution in [3.8, 4) is 22.8 Å². The first kappa shape index (κ1) is 16.4. The van der Waals surface area contributed by atoms with E-state index in [9.17, 15) is 4.39 Å². The molecule has 3 aromatic heterocycles. The Morgan fingerprint density at radius 1 is 1.12 bits per heavy atom. The molecule has 0 radical (unpaired) electrons. The third kappa shape index (κ3) is 3.33. The third-order valence-electron chi connectivity index (χ3n) is 3.50. The standard InChI is InChI=1S/C17H12FN5O2S/c1-10(15-20-14(23-25-15)11-5-4-8-19-9-11)26-17-22-21-16(24-17)12-6-2-3-7-13(12)18/h2-10H,1H3. The molecule has 0 saturated heterocycles. The molecule has 1 aromatic carbocycles. The maximum absolute atomic E-state index is 13.8. The van der Waals surface area contributed by atoms with Crippen molar-refractivity contribution in [1.82, 2.24) is 25.3 Å². The van der Waals surface area contributed by atoms with Crippen LogP contribution in [0.4, 0.5) is 4.39 Å². The van der Waals surface area contributed by atoms with E-state index in [0.717, 1.165) is 5.56 Å². The second kappa shape index (κ2) is 7.04. The number of pyridine rings is 1. The van der Waals surface area contributed by atoms with Gasteiger partial charge in [-0.1, -0.05) is 29.1 Å². The van der Waals surface area contributed by atoms with Gasteiger partial charge in [-0.15, -0.1) is 10.2 Å². The second-order valence-electron chi connectivity index (χ2n) is 5.31. The van der Waals surface area contributed by atoms with Gasteiger partial charge in [0.15, 0.2) is 0 Å². The molecule has 0 aliphatic rings. The molecule has 0 N–H and O–H groups in total. The first-order chi connectivity index (χ1) is 12.7. The van der Waals surface area contributed by atoms with Gasteiger partial charge in [-0.25, -0.2) is 4.39 Å². The number of benzene rings is 1. The van der Waals surface area contributed by atoms with E-state index in [1.807, 2.05) is 13.0 Å². The van der Waals surface area contributed by atoms with Crippen LogP contribution in [0.1, 0.15) is 18.1 Å². The summed E-state index contributed by atoms with van der Waals surface area (Å²) >= 11 is 1.25. The lowest BCUT2D eigenvalue weighted by Gasteiger charge is -2.01. The molecule has 130 valence electrons. The molecule has 0 saturated carbocycles. The Labute approximate surface area is 151 Å². The minimum Gasteiger partial charge on any atom is -0.411 e. The molecule has 9 heteroatoms. The van der Waals surface area contributed by atoms with Crippen LogP contribution in [-0.4, -0.2) is 25.3 Å². The molecule has 0 aliphatic carbocycles. The van der Waals surface area contributed by atoms with Crippen LogP contribution in [0.2, 0.25) is 0 Å². The summed E-state index contributed by atoms with van der Waals surface area (Å²) < 4.78 is 24.6. The second-order valence-corrected chi connectivity index (χ2v) is 6.60. The van der Waals surface area contributed by atoms with Crippen LogP contribution in [0.25, 0.3) is 22.8 Å². The number of aromatic nitrogens is 5. The van der Waals surface area contributed by atoms with Gasteiger partial charge in [0.1, 0.15) is 5.82 Å². The van der Waals surface area contributed by atoms with E-state index in [1.54, 1.807) is 36.7 Å². The Kier molecular flexibility index (Phi) is 4.44. The van der Waals surface area contributed by atoms with E-state index in [-0.39, 0.29) is 21.9 Å². The normalized spacial score (nSPS) is 12.2. The average Bonchev–Trinajstić information content (AvgIpc) is 3.33. The van der Waals surface area contributed by atoms with Crippen molar-refractivity contribution in [3.05, 3.63) is 60.5 Å². The smallest absolute Gasteiger partial charge is 0.277 e. The summed E-state index contributed by atoms with van der Waals surface area (Å²) in [4.78, 5) is 8.40. The Hall–Kier alpha value is -3.07. The van der Waals surface area contributed by atoms with Crippen LogP contribution in [0.3, 0.4) is 0 Å². The first-order valence-corrected chi connectivity index (χ1v) is 8.58. The van der Waals surface area contributed by atoms with Crippen LogP contribution >= 0.6 is 11.8 Å². The zero-order chi connectivity index (χ0) is 17.9. The van der Waals surface area contributed by atoms with E-state index in [1.165, 1.54) is 17.8 Å². The topological polar surface area (TPSA) is 90.7 Å². The molecule has 4 aromatic rings. The monoisotopic (exact) mass is 369 g/mol. The molecule has 4 rings (SSSR count). The highest BCUT2D eigenvalue weighted by atomic mass is 32.2. The molecule has 0 aliphatic heterocycles. The molecule has 7 nitrogen and oxygen atoms in total. The van der Waals surface area contributed by atoms with Gasteiger partial charge in [0.05, 0.1) is 10.8 Å². The number of hydrogen-bond donors (Lipinski definition) is 0. The minimum absolute atomic E-state index is 0.124. The van der Waals surface area contributed by atoms with Crippen LogP contribution in [0, 0.1) is 5.82 Å². The summed E-state index contributed by atoms with van der Waals surface area (Å²) in [7, 11) is 0. The first-order valence-electron chi connectivity index (χ1n) is 7.70. The zero-order valence-corrected chi connectivity index (χ0v) is 14.4. The Balaban J connectivity index is 1.50. The fourth-order valence-electron chi connectivity index (χ4n) is 2.22. The molecule has 0 fully saturated rings. The predicted molar refractivity (Wildman–Crippen MR) is 91.5 cm³/mol. The average molecular weight is 369 g/mol. The molecule has 26 heavy (non-hydrogen) atoms. The van der Waals surface area contributed by atoms with E-state index in [2.05, 4.69) is 25.3 Å². The van der Waals surface area contributed by atoms with Gasteiger partial charge in [0, 0.05) is 18.0 Å². The van der Waals surface area contributed by atoms with Crippen LogP contribution in [-0.2, 0) is 0 Å². The molecule has 1 unspecified atom stereocenters. The summed E-state index contributed by atoms with van der Waals surface area (Å²) in [6, 6.07) is 9.87. The van der Waals surface area contributed by atoms with Crippen LogP contribution in [0.15, 0.2) is 63.0 Å². The van der Waals surface area contributed by atoms with E-state index in [4.69, 9.17) is 8.94 Å². The molecule has 0 spiro atoms. The number of halogens is 1. The fraction of sp³-hybridized carbons (Fsp3) is 0.118. The number of rotatable bonds is 5. The summed E-state index contributed by atoms with van der Waals surface area (Å²) in [5, 5.41) is 11.9. The highest BCUT2D eigenvalue weighted by Gasteiger charge is 2.20. The van der Waals surface area contributed by atoms with Gasteiger partial charge >= 0.3 is 0 Å². The molecule has 1 atom stereocenters. The maximum Gasteiger partial charge on any atom is 0.277 e. The van der Waals surface area contributed by atoms with Crippen molar-refractivity contribution < 1.29 is 13.3 Å². The van der Waals surface area contributed by atoms with Crippen molar-refractivity contribution in [3.63, 3.8) is 0 Å². The summed E-state index contributed by atoms with van der Waals surface area (Å²) in [6.07, 6.45) is 3.33. The Morgan fingerprint density at radius 2 is 2.00 bits per heavy atom.